The van der Waals surface area contributed by atoms with Crippen LogP contribution in [-0.2, 0) is 0 Å². The predicted octanol–water partition coefficient (Wildman–Crippen LogP) is 2.33. The minimum absolute atomic E-state index is 0.103. The second-order valence-electron chi connectivity index (χ2n) is 5.38. The van der Waals surface area contributed by atoms with E-state index in [4.69, 9.17) is 15.3 Å². The van der Waals surface area contributed by atoms with Gasteiger partial charge in [-0.3, -0.25) is 11.3 Å². The van der Waals surface area contributed by atoms with Crippen LogP contribution in [0.25, 0.3) is 0 Å². The normalized spacial score (nSPS) is 13.3. The molecule has 3 N–H and O–H groups in total. The minimum atomic E-state index is -0.128. The molecule has 0 aliphatic rings. The smallest absolute Gasteiger partial charge is 0.127 e. The zero-order chi connectivity index (χ0) is 16.0. The van der Waals surface area contributed by atoms with Gasteiger partial charge in [0.05, 0.1) is 25.8 Å². The van der Waals surface area contributed by atoms with E-state index < -0.39 is 0 Å². The zero-order valence-electron chi connectivity index (χ0n) is 14.1. The molecule has 0 aliphatic carbocycles. The first-order valence-corrected chi connectivity index (χ1v) is 7.36. The van der Waals surface area contributed by atoms with E-state index >= 15 is 0 Å². The van der Waals surface area contributed by atoms with Gasteiger partial charge in [0.25, 0.3) is 0 Å². The Morgan fingerprint density at radius 2 is 1.62 bits per heavy atom. The number of likely N-dealkylation sites (N-methyl/N-ethyl adjacent to an activating group) is 1. The summed E-state index contributed by atoms with van der Waals surface area (Å²) >= 11 is 0. The van der Waals surface area contributed by atoms with Crippen molar-refractivity contribution in [3.8, 4) is 11.5 Å². The standard InChI is InChI=1S/C16H29N3O2/c1-7-16(8-2,19(3)4)15(18-17)14-12(20-5)10-9-11-13(14)21-6/h9-11,15,18H,7-8,17H2,1-6H3. The summed E-state index contributed by atoms with van der Waals surface area (Å²) in [7, 11) is 7.50. The van der Waals surface area contributed by atoms with Crippen LogP contribution in [-0.4, -0.2) is 38.8 Å². The van der Waals surface area contributed by atoms with Crippen LogP contribution < -0.4 is 20.7 Å². The summed E-state index contributed by atoms with van der Waals surface area (Å²) in [5.41, 5.74) is 3.82. The lowest BCUT2D eigenvalue weighted by Crippen LogP contribution is -2.54. The maximum atomic E-state index is 5.94. The molecule has 1 unspecified atom stereocenters. The van der Waals surface area contributed by atoms with Crippen LogP contribution in [0.4, 0.5) is 0 Å². The first-order valence-electron chi connectivity index (χ1n) is 7.36. The summed E-state index contributed by atoms with van der Waals surface area (Å²) in [6.07, 6.45) is 1.90. The topological polar surface area (TPSA) is 59.8 Å². The van der Waals surface area contributed by atoms with Crippen molar-refractivity contribution >= 4 is 0 Å². The number of benzene rings is 1. The van der Waals surface area contributed by atoms with Crippen LogP contribution in [0.2, 0.25) is 0 Å². The minimum Gasteiger partial charge on any atom is -0.496 e. The molecule has 0 aromatic heterocycles. The molecular weight excluding hydrogens is 266 g/mol. The molecule has 0 spiro atoms. The lowest BCUT2D eigenvalue weighted by molar-refractivity contribution is 0.0856. The molecule has 0 saturated heterocycles. The van der Waals surface area contributed by atoms with E-state index in [2.05, 4.69) is 38.3 Å². The summed E-state index contributed by atoms with van der Waals surface area (Å²) in [5.74, 6) is 7.50. The van der Waals surface area contributed by atoms with E-state index in [1.807, 2.05) is 18.2 Å². The van der Waals surface area contributed by atoms with Crippen molar-refractivity contribution in [1.82, 2.24) is 10.3 Å². The monoisotopic (exact) mass is 295 g/mol. The number of nitrogens with one attached hydrogen (secondary N) is 1. The SMILES string of the molecule is CCC(CC)(C(NN)c1c(OC)cccc1OC)N(C)C. The molecule has 5 heteroatoms. The molecule has 1 aromatic rings. The van der Waals surface area contributed by atoms with E-state index in [0.717, 1.165) is 29.9 Å². The maximum Gasteiger partial charge on any atom is 0.127 e. The second kappa shape index (κ2) is 7.64. The Morgan fingerprint density at radius 3 is 1.90 bits per heavy atom. The molecule has 1 atom stereocenters. The van der Waals surface area contributed by atoms with Crippen molar-refractivity contribution < 1.29 is 9.47 Å². The summed E-state index contributed by atoms with van der Waals surface area (Å²) in [6, 6.07) is 5.69. The average Bonchev–Trinajstić information content (AvgIpc) is 2.51. The van der Waals surface area contributed by atoms with Gasteiger partial charge in [0.1, 0.15) is 11.5 Å². The van der Waals surface area contributed by atoms with Crippen LogP contribution in [0, 0.1) is 0 Å². The van der Waals surface area contributed by atoms with Crippen LogP contribution in [0.1, 0.15) is 38.3 Å². The van der Waals surface area contributed by atoms with E-state index in [1.54, 1.807) is 14.2 Å². The number of hydrogen-bond donors (Lipinski definition) is 2. The summed E-state index contributed by atoms with van der Waals surface area (Å²) < 4.78 is 11.1. The molecule has 1 aromatic carbocycles. The van der Waals surface area contributed by atoms with Gasteiger partial charge in [0, 0.05) is 5.54 Å². The lowest BCUT2D eigenvalue weighted by atomic mass is 9.79. The number of nitrogens with two attached hydrogens (primary N) is 1. The average molecular weight is 295 g/mol. The van der Waals surface area contributed by atoms with Gasteiger partial charge in [-0.15, -0.1) is 0 Å². The fourth-order valence-corrected chi connectivity index (χ4v) is 3.22. The largest absolute Gasteiger partial charge is 0.496 e. The van der Waals surface area contributed by atoms with Gasteiger partial charge >= 0.3 is 0 Å². The Bertz CT molecular complexity index is 423. The van der Waals surface area contributed by atoms with E-state index in [9.17, 15) is 0 Å². The van der Waals surface area contributed by atoms with Gasteiger partial charge in [-0.1, -0.05) is 19.9 Å². The molecule has 0 saturated carbocycles. The van der Waals surface area contributed by atoms with Crippen molar-refractivity contribution in [2.75, 3.05) is 28.3 Å². The van der Waals surface area contributed by atoms with Gasteiger partial charge in [-0.25, -0.2) is 0 Å². The highest BCUT2D eigenvalue weighted by Crippen LogP contribution is 2.43. The number of hydrogen-bond acceptors (Lipinski definition) is 5. The molecule has 0 heterocycles. The molecule has 21 heavy (non-hydrogen) atoms. The number of hydrazine groups is 1. The highest BCUT2D eigenvalue weighted by atomic mass is 16.5. The Kier molecular flexibility index (Phi) is 6.45. The van der Waals surface area contributed by atoms with Gasteiger partial charge in [0.2, 0.25) is 0 Å². The predicted molar refractivity (Wildman–Crippen MR) is 86.6 cm³/mol. The molecule has 0 aliphatic heterocycles. The molecule has 0 fully saturated rings. The number of methoxy groups -OCH3 is 2. The molecule has 120 valence electrons. The fourth-order valence-electron chi connectivity index (χ4n) is 3.22. The van der Waals surface area contributed by atoms with Crippen molar-refractivity contribution in [1.29, 1.82) is 0 Å². The number of ether oxygens (including phenoxy) is 2. The molecular formula is C16H29N3O2. The first kappa shape index (κ1) is 17.8. The Hall–Kier alpha value is -1.30. The summed E-state index contributed by atoms with van der Waals surface area (Å²) in [6.45, 7) is 4.35. The third kappa shape index (κ3) is 3.15. The highest BCUT2D eigenvalue weighted by Gasteiger charge is 2.41. The zero-order valence-corrected chi connectivity index (χ0v) is 14.1. The van der Waals surface area contributed by atoms with Crippen molar-refractivity contribution in [2.45, 2.75) is 38.3 Å². The Balaban J connectivity index is 3.51. The molecule has 1 rings (SSSR count). The summed E-state index contributed by atoms with van der Waals surface area (Å²) in [5, 5.41) is 0. The van der Waals surface area contributed by atoms with Crippen LogP contribution >= 0.6 is 0 Å². The third-order valence-corrected chi connectivity index (χ3v) is 4.57. The Labute approximate surface area is 128 Å². The van der Waals surface area contributed by atoms with Gasteiger partial charge in [-0.2, -0.15) is 0 Å². The highest BCUT2D eigenvalue weighted by molar-refractivity contribution is 5.48. The van der Waals surface area contributed by atoms with Crippen molar-refractivity contribution in [3.05, 3.63) is 23.8 Å². The molecule has 0 radical (unpaired) electrons. The molecule has 0 amide bonds. The van der Waals surface area contributed by atoms with Gasteiger partial charge < -0.3 is 14.4 Å². The van der Waals surface area contributed by atoms with Crippen molar-refractivity contribution in [2.24, 2.45) is 5.84 Å². The first-order chi connectivity index (χ1) is 10.0. The van der Waals surface area contributed by atoms with E-state index in [0.29, 0.717) is 0 Å². The van der Waals surface area contributed by atoms with Crippen LogP contribution in [0.3, 0.4) is 0 Å². The van der Waals surface area contributed by atoms with Gasteiger partial charge in [-0.05, 0) is 39.1 Å². The van der Waals surface area contributed by atoms with Gasteiger partial charge in [0.15, 0.2) is 0 Å². The fraction of sp³-hybridized carbons (Fsp3) is 0.625. The van der Waals surface area contributed by atoms with E-state index in [-0.39, 0.29) is 11.6 Å². The maximum absolute atomic E-state index is 5.94. The molecule has 0 bridgehead atoms. The van der Waals surface area contributed by atoms with E-state index in [1.165, 1.54) is 0 Å². The van der Waals surface area contributed by atoms with Crippen molar-refractivity contribution in [3.63, 3.8) is 0 Å². The third-order valence-electron chi connectivity index (χ3n) is 4.57. The lowest BCUT2D eigenvalue weighted by Gasteiger charge is -2.45. The second-order valence-corrected chi connectivity index (χ2v) is 5.38. The molecule has 5 nitrogen and oxygen atoms in total. The van der Waals surface area contributed by atoms with Crippen LogP contribution in [0.15, 0.2) is 18.2 Å². The summed E-state index contributed by atoms with van der Waals surface area (Å²) in [4.78, 5) is 2.23. The number of nitrogens with zero attached hydrogens (tertiary/aromatic N) is 1. The van der Waals surface area contributed by atoms with Crippen LogP contribution in [0.5, 0.6) is 11.5 Å². The number of rotatable bonds is 8. The quantitative estimate of drug-likeness (QED) is 0.569. The Morgan fingerprint density at radius 1 is 1.14 bits per heavy atom.